The number of benzene rings is 2. The van der Waals surface area contributed by atoms with Gasteiger partial charge in [-0.1, -0.05) is 96.9 Å². The normalized spacial score (nSPS) is 17.2. The van der Waals surface area contributed by atoms with Gasteiger partial charge in [0.1, 0.15) is 6.54 Å². The lowest BCUT2D eigenvalue weighted by Crippen LogP contribution is -2.49. The van der Waals surface area contributed by atoms with Gasteiger partial charge in [-0.05, 0) is 29.2 Å². The minimum Gasteiger partial charge on any atom is -0.841 e. The number of hydrogen-bond acceptors (Lipinski definition) is 3. The smallest absolute Gasteiger partial charge is 0.191 e. The quantitative estimate of drug-likeness (QED) is 0.434. The van der Waals surface area contributed by atoms with E-state index in [0.29, 0.717) is 12.2 Å². The molecule has 0 spiro atoms. The lowest BCUT2D eigenvalue weighted by Gasteiger charge is -2.48. The maximum Gasteiger partial charge on any atom is 0.191 e. The molecule has 170 valence electrons. The van der Waals surface area contributed by atoms with E-state index in [0.717, 1.165) is 59.5 Å². The third-order valence-electron chi connectivity index (χ3n) is 6.80. The Bertz CT molecular complexity index is 1010. The van der Waals surface area contributed by atoms with Crippen molar-refractivity contribution in [2.24, 2.45) is 5.92 Å². The van der Waals surface area contributed by atoms with Gasteiger partial charge in [-0.25, -0.2) is 0 Å². The summed E-state index contributed by atoms with van der Waals surface area (Å²) in [5.41, 5.74) is 1.19. The molecule has 1 aliphatic carbocycles. The lowest BCUT2D eigenvalue weighted by molar-refractivity contribution is -0.904. The van der Waals surface area contributed by atoms with Gasteiger partial charge >= 0.3 is 0 Å². The summed E-state index contributed by atoms with van der Waals surface area (Å²) in [6, 6.07) is 19.7. The molecule has 0 bridgehead atoms. The summed E-state index contributed by atoms with van der Waals surface area (Å²) in [4.78, 5) is 0. The van der Waals surface area contributed by atoms with Crippen LogP contribution in [0.1, 0.15) is 54.7 Å². The summed E-state index contributed by atoms with van der Waals surface area (Å²) in [5, 5.41) is 19.5. The van der Waals surface area contributed by atoms with E-state index in [2.05, 4.69) is 25.3 Å². The van der Waals surface area contributed by atoms with Crippen molar-refractivity contribution in [3.05, 3.63) is 88.3 Å². The second-order valence-corrected chi connectivity index (χ2v) is 10.2. The third kappa shape index (κ3) is 5.25. The number of hydrogen-bond donors (Lipinski definition) is 0. The Morgan fingerprint density at radius 1 is 1.03 bits per heavy atom. The summed E-state index contributed by atoms with van der Waals surface area (Å²) < 4.78 is 6.48. The first-order chi connectivity index (χ1) is 15.4. The highest BCUT2D eigenvalue weighted by Gasteiger charge is 2.35. The van der Waals surface area contributed by atoms with Gasteiger partial charge in [0, 0.05) is 17.5 Å². The number of rotatable bonds is 8. The molecule has 1 saturated carbocycles. The van der Waals surface area contributed by atoms with Crippen LogP contribution in [0.5, 0.6) is 0 Å². The Kier molecular flexibility index (Phi) is 7.04. The van der Waals surface area contributed by atoms with Crippen LogP contribution in [0.15, 0.2) is 65.2 Å². The largest absolute Gasteiger partial charge is 0.841 e. The zero-order valence-electron chi connectivity index (χ0n) is 19.1. The average Bonchev–Trinajstić information content (AvgIpc) is 3.27. The predicted octanol–water partition coefficient (Wildman–Crippen LogP) is 5.33. The van der Waals surface area contributed by atoms with Gasteiger partial charge in [0.15, 0.2) is 5.76 Å². The van der Waals surface area contributed by atoms with Crippen LogP contribution in [0.4, 0.5) is 0 Å². The Balaban J connectivity index is 1.52. The molecule has 0 amide bonds. The van der Waals surface area contributed by atoms with Crippen molar-refractivity contribution in [2.45, 2.75) is 50.7 Å². The maximum atomic E-state index is 14.4. The third-order valence-corrected chi connectivity index (χ3v) is 7.04. The summed E-state index contributed by atoms with van der Waals surface area (Å²) in [5.74, 6) is 0.810. The fourth-order valence-corrected chi connectivity index (χ4v) is 5.19. The van der Waals surface area contributed by atoms with Crippen molar-refractivity contribution >= 4 is 11.6 Å². The molecule has 0 aliphatic heterocycles. The molecular formula is C27H33ClN2O2. The molecule has 1 heterocycles. The molecule has 1 aliphatic rings. The number of likely N-dealkylation sites (N-methyl/N-ethyl adjacent to an activating group) is 1. The van der Waals surface area contributed by atoms with Crippen LogP contribution in [-0.2, 0) is 18.6 Å². The van der Waals surface area contributed by atoms with E-state index in [1.807, 2.05) is 54.6 Å². The first-order valence-electron chi connectivity index (χ1n) is 11.7. The SMILES string of the molecule is C[N+](C)(CCc1cccc(Cl)c1)Cc1cc(C([O-])(c2ccccc2)C2CCCCC2)no1. The molecule has 0 N–H and O–H groups in total. The molecule has 3 aromatic rings. The molecule has 4 nitrogen and oxygen atoms in total. The molecule has 1 aromatic heterocycles. The van der Waals surface area contributed by atoms with Crippen molar-refractivity contribution < 1.29 is 14.1 Å². The van der Waals surface area contributed by atoms with Gasteiger partial charge in [-0.15, -0.1) is 0 Å². The lowest BCUT2D eigenvalue weighted by atomic mass is 9.71. The van der Waals surface area contributed by atoms with E-state index >= 15 is 0 Å². The maximum absolute atomic E-state index is 14.4. The zero-order valence-corrected chi connectivity index (χ0v) is 19.9. The number of quaternary nitrogens is 1. The highest BCUT2D eigenvalue weighted by molar-refractivity contribution is 6.30. The van der Waals surface area contributed by atoms with Gasteiger partial charge < -0.3 is 14.1 Å². The minimum atomic E-state index is -1.36. The zero-order chi connectivity index (χ0) is 22.6. The van der Waals surface area contributed by atoms with Crippen molar-refractivity contribution in [3.63, 3.8) is 0 Å². The summed E-state index contributed by atoms with van der Waals surface area (Å²) >= 11 is 6.13. The summed E-state index contributed by atoms with van der Waals surface area (Å²) in [6.07, 6.45) is 6.25. The fourth-order valence-electron chi connectivity index (χ4n) is 4.98. The summed E-state index contributed by atoms with van der Waals surface area (Å²) in [7, 11) is 4.35. The Morgan fingerprint density at radius 3 is 2.50 bits per heavy atom. The van der Waals surface area contributed by atoms with Crippen LogP contribution in [0.2, 0.25) is 5.02 Å². The molecule has 4 rings (SSSR count). The molecule has 5 heteroatoms. The van der Waals surface area contributed by atoms with Crippen LogP contribution in [0.25, 0.3) is 0 Å². The Morgan fingerprint density at radius 2 is 1.78 bits per heavy atom. The molecule has 32 heavy (non-hydrogen) atoms. The standard InChI is InChI=1S/C27H33ClN2O2/c1-30(2,17-16-21-10-9-15-24(28)18-21)20-25-19-26(29-32-25)27(31,22-11-5-3-6-12-22)23-13-7-4-8-14-23/h3,5-6,9-12,15,18-19,23H,4,7-8,13-14,16-17,20H2,1-2H3. The van der Waals surface area contributed by atoms with Gasteiger partial charge in [0.25, 0.3) is 0 Å². The molecule has 2 aromatic carbocycles. The summed E-state index contributed by atoms with van der Waals surface area (Å²) in [6.45, 7) is 1.61. The number of halogens is 1. The van der Waals surface area contributed by atoms with Crippen molar-refractivity contribution in [1.82, 2.24) is 5.16 Å². The average molecular weight is 453 g/mol. The molecule has 1 unspecified atom stereocenters. The number of aromatic nitrogens is 1. The van der Waals surface area contributed by atoms with E-state index < -0.39 is 5.60 Å². The van der Waals surface area contributed by atoms with E-state index in [4.69, 9.17) is 16.1 Å². The van der Waals surface area contributed by atoms with Crippen molar-refractivity contribution in [3.8, 4) is 0 Å². The van der Waals surface area contributed by atoms with Crippen LogP contribution in [0, 0.1) is 5.92 Å². The Hall–Kier alpha value is -2.14. The van der Waals surface area contributed by atoms with Crippen molar-refractivity contribution in [2.75, 3.05) is 20.6 Å². The van der Waals surface area contributed by atoms with E-state index in [9.17, 15) is 5.11 Å². The predicted molar refractivity (Wildman–Crippen MR) is 126 cm³/mol. The van der Waals surface area contributed by atoms with Crippen LogP contribution in [0.3, 0.4) is 0 Å². The monoisotopic (exact) mass is 452 g/mol. The molecular weight excluding hydrogens is 420 g/mol. The van der Waals surface area contributed by atoms with Crippen LogP contribution in [-0.4, -0.2) is 30.3 Å². The molecule has 1 fully saturated rings. The molecule has 1 atom stereocenters. The first-order valence-corrected chi connectivity index (χ1v) is 12.0. The second kappa shape index (κ2) is 9.78. The van der Waals surface area contributed by atoms with E-state index in [-0.39, 0.29) is 5.92 Å². The van der Waals surface area contributed by atoms with Gasteiger partial charge in [0.05, 0.1) is 26.3 Å². The van der Waals surface area contributed by atoms with Crippen LogP contribution >= 0.6 is 11.6 Å². The highest BCUT2D eigenvalue weighted by Crippen LogP contribution is 2.41. The van der Waals surface area contributed by atoms with Crippen LogP contribution < -0.4 is 5.11 Å². The molecule has 0 saturated heterocycles. The minimum absolute atomic E-state index is 0.0435. The van der Waals surface area contributed by atoms with Gasteiger partial charge in [0.2, 0.25) is 0 Å². The number of nitrogens with zero attached hydrogens (tertiary/aromatic N) is 2. The fraction of sp³-hybridized carbons (Fsp3) is 0.444. The van der Waals surface area contributed by atoms with E-state index in [1.165, 1.54) is 12.0 Å². The Labute approximate surface area is 196 Å². The highest BCUT2D eigenvalue weighted by atomic mass is 35.5. The van der Waals surface area contributed by atoms with Crippen molar-refractivity contribution in [1.29, 1.82) is 0 Å². The van der Waals surface area contributed by atoms with Gasteiger partial charge in [-0.3, -0.25) is 0 Å². The topological polar surface area (TPSA) is 49.1 Å². The van der Waals surface area contributed by atoms with Gasteiger partial charge in [-0.2, -0.15) is 0 Å². The van der Waals surface area contributed by atoms with E-state index in [1.54, 1.807) is 0 Å². The second-order valence-electron chi connectivity index (χ2n) is 9.81. The molecule has 0 radical (unpaired) electrons. The first kappa shape index (κ1) is 23.0.